The number of aryl methyl sites for hydroxylation is 1. The average Bonchev–Trinajstić information content (AvgIpc) is 2.30. The summed E-state index contributed by atoms with van der Waals surface area (Å²) in [6.45, 7) is 4.26. The van der Waals surface area contributed by atoms with E-state index in [1.54, 1.807) is 7.11 Å². The first kappa shape index (κ1) is 14.3. The molecular formula is C13H20F2OSi. The lowest BCUT2D eigenvalue weighted by Gasteiger charge is -2.27. The Morgan fingerprint density at radius 2 is 1.59 bits per heavy atom. The van der Waals surface area contributed by atoms with Crippen LogP contribution < -0.4 is 0 Å². The predicted octanol–water partition coefficient (Wildman–Crippen LogP) is 4.14. The second-order valence-electron chi connectivity index (χ2n) is 4.37. The van der Waals surface area contributed by atoms with E-state index in [-0.39, 0.29) is 0 Å². The summed E-state index contributed by atoms with van der Waals surface area (Å²) in [5, 5.41) is 0. The van der Waals surface area contributed by atoms with Crippen molar-refractivity contribution in [1.29, 1.82) is 0 Å². The van der Waals surface area contributed by atoms with E-state index in [2.05, 4.69) is 13.8 Å². The molecule has 1 aromatic carbocycles. The van der Waals surface area contributed by atoms with Crippen molar-refractivity contribution in [2.75, 3.05) is 7.11 Å². The van der Waals surface area contributed by atoms with Crippen LogP contribution in [0.2, 0.25) is 18.1 Å². The first-order valence-electron chi connectivity index (χ1n) is 6.05. The minimum absolute atomic E-state index is 0.502. The van der Waals surface area contributed by atoms with Crippen molar-refractivity contribution in [2.24, 2.45) is 0 Å². The van der Waals surface area contributed by atoms with Gasteiger partial charge in [0.25, 0.3) is 0 Å². The first-order valence-corrected chi connectivity index (χ1v) is 8.58. The van der Waals surface area contributed by atoms with Crippen LogP contribution in [0.5, 0.6) is 0 Å². The van der Waals surface area contributed by atoms with E-state index in [9.17, 15) is 8.78 Å². The molecule has 0 atom stereocenters. The van der Waals surface area contributed by atoms with Crippen molar-refractivity contribution in [3.63, 3.8) is 0 Å². The molecule has 4 heteroatoms. The highest BCUT2D eigenvalue weighted by Crippen LogP contribution is 2.24. The van der Waals surface area contributed by atoms with Gasteiger partial charge in [-0.3, -0.25) is 0 Å². The molecule has 0 saturated carbocycles. The van der Waals surface area contributed by atoms with E-state index in [1.807, 2.05) is 0 Å². The number of halogens is 2. The number of hydrogen-bond acceptors (Lipinski definition) is 1. The van der Waals surface area contributed by atoms with Crippen LogP contribution in [0.15, 0.2) is 18.2 Å². The van der Waals surface area contributed by atoms with Crippen molar-refractivity contribution in [3.05, 3.63) is 35.4 Å². The molecule has 96 valence electrons. The van der Waals surface area contributed by atoms with Crippen LogP contribution in [0.4, 0.5) is 8.78 Å². The fraction of sp³-hybridized carbons (Fsp3) is 0.538. The molecule has 0 aliphatic carbocycles. The van der Waals surface area contributed by atoms with Crippen molar-refractivity contribution in [3.8, 4) is 0 Å². The molecule has 0 aromatic heterocycles. The van der Waals surface area contributed by atoms with E-state index in [1.165, 1.54) is 12.1 Å². The quantitative estimate of drug-likeness (QED) is 0.697. The maximum atomic E-state index is 13.0. The molecule has 0 aliphatic heterocycles. The minimum atomic E-state index is -1.68. The molecule has 0 fully saturated rings. The fourth-order valence-electron chi connectivity index (χ4n) is 2.12. The molecule has 17 heavy (non-hydrogen) atoms. The van der Waals surface area contributed by atoms with Crippen molar-refractivity contribution < 1.29 is 13.2 Å². The number of rotatable bonds is 6. The molecule has 0 saturated heterocycles. The van der Waals surface area contributed by atoms with E-state index in [4.69, 9.17) is 4.43 Å². The summed E-state index contributed by atoms with van der Waals surface area (Å²) in [5.41, 5.74) is 0.721. The second-order valence-corrected chi connectivity index (χ2v) is 9.06. The first-order chi connectivity index (χ1) is 8.05. The SMILES string of the molecule is CC[Si](CC)(CCc1cc(F)cc(F)c1)OC. The molecule has 0 aliphatic rings. The van der Waals surface area contributed by atoms with Crippen molar-refractivity contribution in [2.45, 2.75) is 38.4 Å². The topological polar surface area (TPSA) is 9.23 Å². The Labute approximate surface area is 103 Å². The normalized spacial score (nSPS) is 11.8. The molecule has 0 N–H and O–H groups in total. The summed E-state index contributed by atoms with van der Waals surface area (Å²) in [5.74, 6) is -1.00. The summed E-state index contributed by atoms with van der Waals surface area (Å²) in [6, 6.07) is 6.71. The summed E-state index contributed by atoms with van der Waals surface area (Å²) >= 11 is 0. The third kappa shape index (κ3) is 3.89. The van der Waals surface area contributed by atoms with Crippen LogP contribution >= 0.6 is 0 Å². The molecule has 0 amide bonds. The van der Waals surface area contributed by atoms with Gasteiger partial charge in [-0.25, -0.2) is 8.78 Å². The molecular weight excluding hydrogens is 238 g/mol. The van der Waals surface area contributed by atoms with Gasteiger partial charge in [0.15, 0.2) is 8.32 Å². The highest BCUT2D eigenvalue weighted by Gasteiger charge is 2.29. The van der Waals surface area contributed by atoms with Gasteiger partial charge in [-0.05, 0) is 42.2 Å². The molecule has 0 heterocycles. The zero-order chi connectivity index (χ0) is 12.9. The van der Waals surface area contributed by atoms with E-state index < -0.39 is 20.0 Å². The van der Waals surface area contributed by atoms with Gasteiger partial charge < -0.3 is 4.43 Å². The lowest BCUT2D eigenvalue weighted by atomic mass is 10.2. The van der Waals surface area contributed by atoms with Gasteiger partial charge >= 0.3 is 0 Å². The van der Waals surface area contributed by atoms with Gasteiger partial charge in [-0.2, -0.15) is 0 Å². The lowest BCUT2D eigenvalue weighted by molar-refractivity contribution is 0.391. The van der Waals surface area contributed by atoms with Crippen LogP contribution in [0.25, 0.3) is 0 Å². The van der Waals surface area contributed by atoms with Gasteiger partial charge in [-0.1, -0.05) is 13.8 Å². The van der Waals surface area contributed by atoms with Crippen molar-refractivity contribution in [1.82, 2.24) is 0 Å². The van der Waals surface area contributed by atoms with Crippen LogP contribution in [0.1, 0.15) is 19.4 Å². The Bertz CT molecular complexity index is 336. The van der Waals surface area contributed by atoms with E-state index >= 15 is 0 Å². The maximum absolute atomic E-state index is 13.0. The van der Waals surface area contributed by atoms with Gasteiger partial charge in [-0.15, -0.1) is 0 Å². The molecule has 0 spiro atoms. The smallest absolute Gasteiger partial charge is 0.192 e. The summed E-state index contributed by atoms with van der Waals surface area (Å²) < 4.78 is 31.7. The average molecular weight is 258 g/mol. The predicted molar refractivity (Wildman–Crippen MR) is 68.6 cm³/mol. The summed E-state index contributed by atoms with van der Waals surface area (Å²) in [7, 11) is 0.0755. The zero-order valence-corrected chi connectivity index (χ0v) is 11.7. The molecule has 1 rings (SSSR count). The van der Waals surface area contributed by atoms with Crippen LogP contribution in [-0.2, 0) is 10.8 Å². The highest BCUT2D eigenvalue weighted by atomic mass is 28.4. The van der Waals surface area contributed by atoms with Crippen LogP contribution in [0, 0.1) is 11.6 Å². The number of benzene rings is 1. The molecule has 1 aromatic rings. The third-order valence-electron chi connectivity index (χ3n) is 3.51. The monoisotopic (exact) mass is 258 g/mol. The Hall–Kier alpha value is -0.743. The Balaban J connectivity index is 2.71. The van der Waals surface area contributed by atoms with Gasteiger partial charge in [0.1, 0.15) is 11.6 Å². The summed E-state index contributed by atoms with van der Waals surface area (Å²) in [4.78, 5) is 0. The standard InChI is InChI=1S/C13H20F2OSi/c1-4-17(5-2,16-3)7-6-11-8-12(14)10-13(15)9-11/h8-10H,4-7H2,1-3H3. The number of hydrogen-bond donors (Lipinski definition) is 0. The Kier molecular flexibility index (Phi) is 5.27. The molecule has 0 bridgehead atoms. The molecule has 0 radical (unpaired) electrons. The Morgan fingerprint density at radius 3 is 2.00 bits per heavy atom. The van der Waals surface area contributed by atoms with Gasteiger partial charge in [0.05, 0.1) is 0 Å². The van der Waals surface area contributed by atoms with Crippen molar-refractivity contribution >= 4 is 8.32 Å². The minimum Gasteiger partial charge on any atom is -0.420 e. The molecule has 1 nitrogen and oxygen atoms in total. The molecule has 0 unspecified atom stereocenters. The van der Waals surface area contributed by atoms with Crippen LogP contribution in [0.3, 0.4) is 0 Å². The second kappa shape index (κ2) is 6.26. The zero-order valence-electron chi connectivity index (χ0n) is 10.7. The lowest BCUT2D eigenvalue weighted by Crippen LogP contribution is -2.35. The van der Waals surface area contributed by atoms with E-state index in [0.29, 0.717) is 6.42 Å². The van der Waals surface area contributed by atoms with Crippen LogP contribution in [-0.4, -0.2) is 15.4 Å². The fourth-order valence-corrected chi connectivity index (χ4v) is 4.85. The van der Waals surface area contributed by atoms with Gasteiger partial charge in [0, 0.05) is 13.2 Å². The largest absolute Gasteiger partial charge is 0.420 e. The van der Waals surface area contributed by atoms with E-state index in [0.717, 1.165) is 29.8 Å². The maximum Gasteiger partial charge on any atom is 0.192 e. The highest BCUT2D eigenvalue weighted by molar-refractivity contribution is 6.73. The third-order valence-corrected chi connectivity index (χ3v) is 8.12. The van der Waals surface area contributed by atoms with Gasteiger partial charge in [0.2, 0.25) is 0 Å². The Morgan fingerprint density at radius 1 is 1.06 bits per heavy atom. The summed E-state index contributed by atoms with van der Waals surface area (Å²) in [6.07, 6.45) is 0.691.